The highest BCUT2D eigenvalue weighted by Gasteiger charge is 2.01. The fourth-order valence-electron chi connectivity index (χ4n) is 1.84. The van der Waals surface area contributed by atoms with Gasteiger partial charge in [-0.15, -0.1) is 0 Å². The molecule has 0 unspecified atom stereocenters. The summed E-state index contributed by atoms with van der Waals surface area (Å²) in [5.74, 6) is 1.63. The molecule has 0 radical (unpaired) electrons. The van der Waals surface area contributed by atoms with E-state index in [-0.39, 0.29) is 0 Å². The molecule has 0 aliphatic carbocycles. The normalized spacial score (nSPS) is 11.3. The van der Waals surface area contributed by atoms with Crippen LogP contribution in [0.25, 0.3) is 0 Å². The van der Waals surface area contributed by atoms with Crippen molar-refractivity contribution < 1.29 is 14.2 Å². The van der Waals surface area contributed by atoms with Crippen molar-refractivity contribution in [1.29, 1.82) is 0 Å². The van der Waals surface area contributed by atoms with Crippen molar-refractivity contribution in [2.45, 2.75) is 13.5 Å². The number of guanidine groups is 1. The first kappa shape index (κ1) is 18.3. The highest BCUT2D eigenvalue weighted by Crippen LogP contribution is 2.17. The van der Waals surface area contributed by atoms with E-state index >= 15 is 0 Å². The lowest BCUT2D eigenvalue weighted by Crippen LogP contribution is -2.39. The minimum absolute atomic E-state index is 0.521. The SMILES string of the molecule is CCNC(=NCCOCc1ccccc1OC)NCCOC. The van der Waals surface area contributed by atoms with E-state index in [9.17, 15) is 0 Å². The summed E-state index contributed by atoms with van der Waals surface area (Å²) in [6.07, 6.45) is 0. The van der Waals surface area contributed by atoms with Crippen LogP contribution in [-0.4, -0.2) is 53.0 Å². The molecule has 0 saturated carbocycles. The number of benzene rings is 1. The number of hydrogen-bond acceptors (Lipinski definition) is 4. The van der Waals surface area contributed by atoms with Crippen LogP contribution in [0.4, 0.5) is 0 Å². The molecule has 22 heavy (non-hydrogen) atoms. The van der Waals surface area contributed by atoms with Gasteiger partial charge in [-0.3, -0.25) is 4.99 Å². The maximum Gasteiger partial charge on any atom is 0.191 e. The minimum Gasteiger partial charge on any atom is -0.496 e. The minimum atomic E-state index is 0.521. The Kier molecular flexibility index (Phi) is 9.81. The van der Waals surface area contributed by atoms with Crippen LogP contribution in [0.1, 0.15) is 12.5 Å². The van der Waals surface area contributed by atoms with Gasteiger partial charge in [-0.1, -0.05) is 18.2 Å². The Hall–Kier alpha value is -1.79. The molecule has 2 N–H and O–H groups in total. The van der Waals surface area contributed by atoms with E-state index in [4.69, 9.17) is 14.2 Å². The molecule has 0 heterocycles. The molecule has 124 valence electrons. The van der Waals surface area contributed by atoms with E-state index in [1.807, 2.05) is 31.2 Å². The highest BCUT2D eigenvalue weighted by molar-refractivity contribution is 5.79. The molecule has 0 saturated heterocycles. The molecule has 1 aromatic carbocycles. The summed E-state index contributed by atoms with van der Waals surface area (Å²) < 4.78 is 15.9. The maximum absolute atomic E-state index is 5.65. The van der Waals surface area contributed by atoms with Crippen LogP contribution in [0.2, 0.25) is 0 Å². The zero-order valence-electron chi connectivity index (χ0n) is 13.7. The predicted octanol–water partition coefficient (Wildman–Crippen LogP) is 1.41. The second kappa shape index (κ2) is 11.8. The number of hydrogen-bond donors (Lipinski definition) is 2. The van der Waals surface area contributed by atoms with Gasteiger partial charge in [0.1, 0.15) is 5.75 Å². The first-order valence-corrected chi connectivity index (χ1v) is 7.52. The first-order chi connectivity index (χ1) is 10.8. The van der Waals surface area contributed by atoms with Gasteiger partial charge in [-0.2, -0.15) is 0 Å². The molecule has 0 atom stereocenters. The number of rotatable bonds is 10. The Morgan fingerprint density at radius 3 is 2.68 bits per heavy atom. The Labute approximate surface area is 132 Å². The van der Waals surface area contributed by atoms with Crippen molar-refractivity contribution in [3.8, 4) is 5.75 Å². The summed E-state index contributed by atoms with van der Waals surface area (Å²) >= 11 is 0. The van der Waals surface area contributed by atoms with Gasteiger partial charge in [0.15, 0.2) is 5.96 Å². The second-order valence-electron chi connectivity index (χ2n) is 4.54. The molecular formula is C16H27N3O3. The number of aliphatic imine (C=N–C) groups is 1. The standard InChI is InChI=1S/C16H27N3O3/c1-4-17-16(18-9-11-20-2)19-10-12-22-13-14-7-5-6-8-15(14)21-3/h5-8H,4,9-13H2,1-3H3,(H2,17,18,19). The molecular weight excluding hydrogens is 282 g/mol. The van der Waals surface area contributed by atoms with Gasteiger partial charge in [-0.25, -0.2) is 0 Å². The van der Waals surface area contributed by atoms with Crippen molar-refractivity contribution in [3.05, 3.63) is 29.8 Å². The average molecular weight is 309 g/mol. The van der Waals surface area contributed by atoms with E-state index in [0.717, 1.165) is 30.4 Å². The summed E-state index contributed by atoms with van der Waals surface area (Å²) in [4.78, 5) is 4.44. The Morgan fingerprint density at radius 2 is 1.95 bits per heavy atom. The largest absolute Gasteiger partial charge is 0.496 e. The summed E-state index contributed by atoms with van der Waals surface area (Å²) in [7, 11) is 3.34. The van der Waals surface area contributed by atoms with Gasteiger partial charge >= 0.3 is 0 Å². The maximum atomic E-state index is 5.65. The molecule has 0 aromatic heterocycles. The summed E-state index contributed by atoms with van der Waals surface area (Å²) in [5.41, 5.74) is 1.04. The van der Waals surface area contributed by atoms with E-state index in [1.165, 1.54) is 0 Å². The van der Waals surface area contributed by atoms with Crippen molar-refractivity contribution in [2.75, 3.05) is 47.1 Å². The summed E-state index contributed by atoms with van der Waals surface area (Å²) in [6, 6.07) is 7.85. The van der Waals surface area contributed by atoms with Crippen molar-refractivity contribution in [2.24, 2.45) is 4.99 Å². The smallest absolute Gasteiger partial charge is 0.191 e. The van der Waals surface area contributed by atoms with E-state index in [2.05, 4.69) is 15.6 Å². The molecule has 0 aliphatic heterocycles. The van der Waals surface area contributed by atoms with Crippen LogP contribution in [0.5, 0.6) is 5.75 Å². The molecule has 1 rings (SSSR count). The topological polar surface area (TPSA) is 64.1 Å². The predicted molar refractivity (Wildman–Crippen MR) is 88.5 cm³/mol. The molecule has 0 aliphatic rings. The van der Waals surface area contributed by atoms with Gasteiger partial charge < -0.3 is 24.8 Å². The second-order valence-corrected chi connectivity index (χ2v) is 4.54. The Morgan fingerprint density at radius 1 is 1.14 bits per heavy atom. The molecule has 0 fully saturated rings. The Balaban J connectivity index is 2.30. The van der Waals surface area contributed by atoms with Crippen LogP contribution in [0, 0.1) is 0 Å². The van der Waals surface area contributed by atoms with E-state index in [1.54, 1.807) is 14.2 Å². The number of nitrogens with zero attached hydrogens (tertiary/aromatic N) is 1. The molecule has 1 aromatic rings. The third-order valence-corrected chi connectivity index (χ3v) is 2.90. The third kappa shape index (κ3) is 7.28. The van der Waals surface area contributed by atoms with Crippen molar-refractivity contribution in [1.82, 2.24) is 10.6 Å². The molecule has 6 heteroatoms. The third-order valence-electron chi connectivity index (χ3n) is 2.90. The zero-order valence-corrected chi connectivity index (χ0v) is 13.7. The summed E-state index contributed by atoms with van der Waals surface area (Å²) in [6.45, 7) is 5.90. The first-order valence-electron chi connectivity index (χ1n) is 7.52. The van der Waals surface area contributed by atoms with Crippen molar-refractivity contribution >= 4 is 5.96 Å². The number of para-hydroxylation sites is 1. The quantitative estimate of drug-likeness (QED) is 0.389. The molecule has 0 bridgehead atoms. The lowest BCUT2D eigenvalue weighted by Gasteiger charge is -2.11. The summed E-state index contributed by atoms with van der Waals surface area (Å²) in [5, 5.41) is 6.36. The van der Waals surface area contributed by atoms with E-state index in [0.29, 0.717) is 26.4 Å². The van der Waals surface area contributed by atoms with Gasteiger partial charge in [0.25, 0.3) is 0 Å². The van der Waals surface area contributed by atoms with Crippen LogP contribution in [0.15, 0.2) is 29.3 Å². The van der Waals surface area contributed by atoms with E-state index < -0.39 is 0 Å². The lowest BCUT2D eigenvalue weighted by molar-refractivity contribution is 0.126. The molecule has 0 spiro atoms. The monoisotopic (exact) mass is 309 g/mol. The number of methoxy groups -OCH3 is 2. The highest BCUT2D eigenvalue weighted by atomic mass is 16.5. The number of nitrogens with one attached hydrogen (secondary N) is 2. The van der Waals surface area contributed by atoms with Gasteiger partial charge in [0.2, 0.25) is 0 Å². The average Bonchev–Trinajstić information content (AvgIpc) is 2.55. The zero-order chi connectivity index (χ0) is 16.0. The van der Waals surface area contributed by atoms with Crippen LogP contribution in [-0.2, 0) is 16.1 Å². The van der Waals surface area contributed by atoms with Crippen LogP contribution in [0.3, 0.4) is 0 Å². The molecule has 6 nitrogen and oxygen atoms in total. The van der Waals surface area contributed by atoms with Gasteiger partial charge in [0, 0.05) is 25.8 Å². The van der Waals surface area contributed by atoms with Crippen LogP contribution >= 0.6 is 0 Å². The van der Waals surface area contributed by atoms with Crippen molar-refractivity contribution in [3.63, 3.8) is 0 Å². The van der Waals surface area contributed by atoms with Gasteiger partial charge in [-0.05, 0) is 13.0 Å². The van der Waals surface area contributed by atoms with Gasteiger partial charge in [0.05, 0.1) is 33.5 Å². The molecule has 0 amide bonds. The number of ether oxygens (including phenoxy) is 3. The Bertz CT molecular complexity index is 438. The fourth-order valence-corrected chi connectivity index (χ4v) is 1.84. The fraction of sp³-hybridized carbons (Fsp3) is 0.562. The van der Waals surface area contributed by atoms with Crippen LogP contribution < -0.4 is 15.4 Å². The lowest BCUT2D eigenvalue weighted by atomic mass is 10.2.